The highest BCUT2D eigenvalue weighted by atomic mass is 35.5. The number of halogens is 1. The van der Waals surface area contributed by atoms with Crippen LogP contribution in [0.2, 0.25) is 0 Å². The lowest BCUT2D eigenvalue weighted by Gasteiger charge is -2.40. The SMILES string of the molecule is CCOC1CCCCC1C(c1cccc(O)c1)N(C)C.Cl. The van der Waals surface area contributed by atoms with E-state index in [4.69, 9.17) is 4.74 Å². The van der Waals surface area contributed by atoms with E-state index in [0.717, 1.165) is 13.0 Å². The van der Waals surface area contributed by atoms with Gasteiger partial charge in [-0.2, -0.15) is 0 Å². The van der Waals surface area contributed by atoms with Crippen LogP contribution >= 0.6 is 12.4 Å². The van der Waals surface area contributed by atoms with E-state index in [-0.39, 0.29) is 12.4 Å². The maximum atomic E-state index is 9.76. The van der Waals surface area contributed by atoms with Crippen LogP contribution in [0.1, 0.15) is 44.2 Å². The number of rotatable bonds is 5. The van der Waals surface area contributed by atoms with Crippen molar-refractivity contribution >= 4 is 12.4 Å². The summed E-state index contributed by atoms with van der Waals surface area (Å²) < 4.78 is 5.99. The van der Waals surface area contributed by atoms with Crippen molar-refractivity contribution in [3.05, 3.63) is 29.8 Å². The number of phenolic OH excluding ortho intramolecular Hbond substituents is 1. The Morgan fingerprint density at radius 1 is 1.29 bits per heavy atom. The predicted molar refractivity (Wildman–Crippen MR) is 89.2 cm³/mol. The molecule has 1 aliphatic rings. The summed E-state index contributed by atoms with van der Waals surface area (Å²) in [6, 6.07) is 7.97. The summed E-state index contributed by atoms with van der Waals surface area (Å²) in [5.41, 5.74) is 1.19. The van der Waals surface area contributed by atoms with Gasteiger partial charge in [0.2, 0.25) is 0 Å². The van der Waals surface area contributed by atoms with Gasteiger partial charge in [0.15, 0.2) is 0 Å². The van der Waals surface area contributed by atoms with Crippen LogP contribution in [0.5, 0.6) is 5.75 Å². The maximum absolute atomic E-state index is 9.76. The van der Waals surface area contributed by atoms with Crippen molar-refractivity contribution in [2.75, 3.05) is 20.7 Å². The van der Waals surface area contributed by atoms with Crippen molar-refractivity contribution in [3.63, 3.8) is 0 Å². The lowest BCUT2D eigenvalue weighted by Crippen LogP contribution is -2.38. The Kier molecular flexibility index (Phi) is 7.50. The van der Waals surface area contributed by atoms with Crippen molar-refractivity contribution in [2.45, 2.75) is 44.8 Å². The summed E-state index contributed by atoms with van der Waals surface area (Å²) in [6.45, 7) is 2.85. The lowest BCUT2D eigenvalue weighted by molar-refractivity contribution is -0.0325. The summed E-state index contributed by atoms with van der Waals surface area (Å²) in [5, 5.41) is 9.76. The smallest absolute Gasteiger partial charge is 0.115 e. The van der Waals surface area contributed by atoms with Crippen LogP contribution in [0.4, 0.5) is 0 Å². The van der Waals surface area contributed by atoms with E-state index < -0.39 is 0 Å². The number of hydrogen-bond acceptors (Lipinski definition) is 3. The molecule has 0 heterocycles. The fraction of sp³-hybridized carbons (Fsp3) is 0.647. The molecular weight excluding hydrogens is 286 g/mol. The molecule has 1 aliphatic carbocycles. The van der Waals surface area contributed by atoms with E-state index in [1.54, 1.807) is 6.07 Å². The van der Waals surface area contributed by atoms with Gasteiger partial charge in [-0.05, 0) is 51.6 Å². The molecule has 0 saturated heterocycles. The average Bonchev–Trinajstić information content (AvgIpc) is 2.41. The van der Waals surface area contributed by atoms with E-state index in [9.17, 15) is 5.11 Å². The molecule has 0 amide bonds. The molecule has 1 aromatic rings. The van der Waals surface area contributed by atoms with Gasteiger partial charge in [-0.1, -0.05) is 25.0 Å². The van der Waals surface area contributed by atoms with E-state index in [0.29, 0.717) is 23.8 Å². The van der Waals surface area contributed by atoms with Crippen LogP contribution in [0, 0.1) is 5.92 Å². The Morgan fingerprint density at radius 3 is 2.62 bits per heavy atom. The van der Waals surface area contributed by atoms with Crippen LogP contribution in [-0.2, 0) is 4.74 Å². The van der Waals surface area contributed by atoms with Crippen LogP contribution in [-0.4, -0.2) is 36.8 Å². The minimum absolute atomic E-state index is 0. The van der Waals surface area contributed by atoms with Gasteiger partial charge in [0.1, 0.15) is 5.75 Å². The second-order valence-corrected chi connectivity index (χ2v) is 5.95. The number of benzene rings is 1. The molecule has 3 nitrogen and oxygen atoms in total. The molecule has 0 aliphatic heterocycles. The monoisotopic (exact) mass is 313 g/mol. The maximum Gasteiger partial charge on any atom is 0.115 e. The third-order valence-corrected chi connectivity index (χ3v) is 4.31. The third kappa shape index (κ3) is 4.60. The second kappa shape index (κ2) is 8.62. The van der Waals surface area contributed by atoms with Gasteiger partial charge in [-0.3, -0.25) is 0 Å². The van der Waals surface area contributed by atoms with E-state index in [1.165, 1.54) is 24.8 Å². The van der Waals surface area contributed by atoms with Gasteiger partial charge in [-0.25, -0.2) is 0 Å². The molecule has 0 aromatic heterocycles. The number of aromatic hydroxyl groups is 1. The quantitative estimate of drug-likeness (QED) is 0.891. The van der Waals surface area contributed by atoms with Gasteiger partial charge in [0.05, 0.1) is 6.10 Å². The Balaban J connectivity index is 0.00000220. The van der Waals surface area contributed by atoms with Crippen molar-refractivity contribution in [1.29, 1.82) is 0 Å². The van der Waals surface area contributed by atoms with Crippen molar-refractivity contribution < 1.29 is 9.84 Å². The minimum Gasteiger partial charge on any atom is -0.508 e. The normalized spacial score (nSPS) is 23.6. The van der Waals surface area contributed by atoms with Crippen LogP contribution in [0.15, 0.2) is 24.3 Å². The van der Waals surface area contributed by atoms with E-state index in [2.05, 4.69) is 32.0 Å². The highest BCUT2D eigenvalue weighted by molar-refractivity contribution is 5.85. The zero-order valence-electron chi connectivity index (χ0n) is 13.3. The zero-order chi connectivity index (χ0) is 14.5. The first-order valence-electron chi connectivity index (χ1n) is 7.70. The number of ether oxygens (including phenoxy) is 1. The molecule has 0 bridgehead atoms. The summed E-state index contributed by atoms with van der Waals surface area (Å²) in [5.74, 6) is 0.846. The first-order chi connectivity index (χ1) is 9.63. The molecule has 1 N–H and O–H groups in total. The second-order valence-electron chi connectivity index (χ2n) is 5.95. The number of phenols is 1. The van der Waals surface area contributed by atoms with Gasteiger partial charge in [-0.15, -0.1) is 12.4 Å². The van der Waals surface area contributed by atoms with Gasteiger partial charge in [0, 0.05) is 18.6 Å². The molecule has 21 heavy (non-hydrogen) atoms. The minimum atomic E-state index is 0. The summed E-state index contributed by atoms with van der Waals surface area (Å²) >= 11 is 0. The molecule has 0 spiro atoms. The van der Waals surface area contributed by atoms with Crippen LogP contribution in [0.3, 0.4) is 0 Å². The summed E-state index contributed by atoms with van der Waals surface area (Å²) in [4.78, 5) is 2.26. The average molecular weight is 314 g/mol. The molecule has 3 unspecified atom stereocenters. The number of hydrogen-bond donors (Lipinski definition) is 1. The third-order valence-electron chi connectivity index (χ3n) is 4.31. The fourth-order valence-electron chi connectivity index (χ4n) is 3.54. The Hall–Kier alpha value is -0.770. The largest absolute Gasteiger partial charge is 0.508 e. The molecule has 3 atom stereocenters. The summed E-state index contributed by atoms with van der Waals surface area (Å²) in [6.07, 6.45) is 5.23. The van der Waals surface area contributed by atoms with Gasteiger partial charge < -0.3 is 14.7 Å². The number of nitrogens with zero attached hydrogens (tertiary/aromatic N) is 1. The molecule has 1 aromatic carbocycles. The van der Waals surface area contributed by atoms with Crippen molar-refractivity contribution in [3.8, 4) is 5.75 Å². The zero-order valence-corrected chi connectivity index (χ0v) is 14.1. The van der Waals surface area contributed by atoms with Gasteiger partial charge >= 0.3 is 0 Å². The standard InChI is InChI=1S/C17H27NO2.ClH/c1-4-20-16-11-6-5-10-15(16)17(18(2)3)13-8-7-9-14(19)12-13;/h7-9,12,15-17,19H,4-6,10-11H2,1-3H3;1H. The molecule has 120 valence electrons. The van der Waals surface area contributed by atoms with Crippen molar-refractivity contribution in [1.82, 2.24) is 4.90 Å². The Bertz CT molecular complexity index is 423. The van der Waals surface area contributed by atoms with Crippen LogP contribution in [0.25, 0.3) is 0 Å². The summed E-state index contributed by atoms with van der Waals surface area (Å²) in [7, 11) is 4.23. The topological polar surface area (TPSA) is 32.7 Å². The van der Waals surface area contributed by atoms with E-state index >= 15 is 0 Å². The highest BCUT2D eigenvalue weighted by Crippen LogP contribution is 2.39. The molecule has 0 radical (unpaired) electrons. The molecule has 2 rings (SSSR count). The molecular formula is C17H28ClNO2. The first-order valence-corrected chi connectivity index (χ1v) is 7.70. The Labute approximate surface area is 134 Å². The van der Waals surface area contributed by atoms with Crippen LogP contribution < -0.4 is 0 Å². The van der Waals surface area contributed by atoms with E-state index in [1.807, 2.05) is 12.1 Å². The van der Waals surface area contributed by atoms with Crippen molar-refractivity contribution in [2.24, 2.45) is 5.92 Å². The lowest BCUT2D eigenvalue weighted by atomic mass is 9.78. The predicted octanol–water partition coefficient (Wildman–Crippen LogP) is 4.01. The molecule has 1 saturated carbocycles. The van der Waals surface area contributed by atoms with Gasteiger partial charge in [0.25, 0.3) is 0 Å². The molecule has 1 fully saturated rings. The first kappa shape index (κ1) is 18.3. The fourth-order valence-corrected chi connectivity index (χ4v) is 3.54. The Morgan fingerprint density at radius 2 is 2.00 bits per heavy atom. The highest BCUT2D eigenvalue weighted by Gasteiger charge is 2.34. The molecule has 4 heteroatoms.